The summed E-state index contributed by atoms with van der Waals surface area (Å²) < 4.78 is 0. The second kappa shape index (κ2) is 10.4. The molecule has 24 heavy (non-hydrogen) atoms. The van der Waals surface area contributed by atoms with Crippen LogP contribution in [0.25, 0.3) is 5.57 Å². The Hall–Kier alpha value is -3.28. The molecule has 0 radical (unpaired) electrons. The van der Waals surface area contributed by atoms with E-state index in [1.54, 1.807) is 24.3 Å². The molecule has 0 fully saturated rings. The summed E-state index contributed by atoms with van der Waals surface area (Å²) in [5.41, 5.74) is 1.42. The van der Waals surface area contributed by atoms with Crippen molar-refractivity contribution in [3.63, 3.8) is 0 Å². The standard InChI is InChI=1S/C19H19N5/c1-2-3-4-11-24(12-5-10-20)18-8-6-16(7-9-18)19(15-23)17(13-21)14-22/h6-9H,2-5,11-12H2,1H3. The Morgan fingerprint density at radius 2 is 1.58 bits per heavy atom. The van der Waals surface area contributed by atoms with Crippen molar-refractivity contribution in [2.45, 2.75) is 32.6 Å². The average Bonchev–Trinajstić information content (AvgIpc) is 2.63. The van der Waals surface area contributed by atoms with Crippen molar-refractivity contribution in [3.8, 4) is 24.3 Å². The second-order valence-corrected chi connectivity index (χ2v) is 5.23. The van der Waals surface area contributed by atoms with Crippen LogP contribution < -0.4 is 4.90 Å². The van der Waals surface area contributed by atoms with Crippen LogP contribution in [0.1, 0.15) is 38.2 Å². The molecule has 0 atom stereocenters. The highest BCUT2D eigenvalue weighted by atomic mass is 15.1. The van der Waals surface area contributed by atoms with Crippen LogP contribution >= 0.6 is 0 Å². The van der Waals surface area contributed by atoms with Gasteiger partial charge in [0, 0.05) is 18.8 Å². The van der Waals surface area contributed by atoms with E-state index in [1.165, 1.54) is 0 Å². The summed E-state index contributed by atoms with van der Waals surface area (Å²) in [4.78, 5) is 2.15. The lowest BCUT2D eigenvalue weighted by atomic mass is 10.0. The van der Waals surface area contributed by atoms with Crippen molar-refractivity contribution in [2.75, 3.05) is 18.0 Å². The van der Waals surface area contributed by atoms with Gasteiger partial charge in [0.25, 0.3) is 0 Å². The molecular formula is C19H19N5. The highest BCUT2D eigenvalue weighted by Crippen LogP contribution is 2.22. The molecule has 0 heterocycles. The summed E-state index contributed by atoms with van der Waals surface area (Å²) in [6, 6.07) is 14.8. The number of anilines is 1. The quantitative estimate of drug-likeness (QED) is 0.534. The Morgan fingerprint density at radius 3 is 2.08 bits per heavy atom. The summed E-state index contributed by atoms with van der Waals surface area (Å²) in [6.45, 7) is 3.67. The zero-order chi connectivity index (χ0) is 17.8. The minimum atomic E-state index is -0.186. The number of rotatable bonds is 8. The first-order valence-electron chi connectivity index (χ1n) is 7.88. The van der Waals surface area contributed by atoms with E-state index in [0.717, 1.165) is 31.5 Å². The van der Waals surface area contributed by atoms with Gasteiger partial charge in [-0.3, -0.25) is 0 Å². The molecule has 0 aliphatic rings. The lowest BCUT2D eigenvalue weighted by Crippen LogP contribution is -2.25. The van der Waals surface area contributed by atoms with Gasteiger partial charge in [-0.2, -0.15) is 21.0 Å². The van der Waals surface area contributed by atoms with Crippen molar-refractivity contribution in [2.24, 2.45) is 0 Å². The van der Waals surface area contributed by atoms with Gasteiger partial charge in [-0.25, -0.2) is 0 Å². The van der Waals surface area contributed by atoms with Crippen molar-refractivity contribution in [1.82, 2.24) is 0 Å². The third-order valence-corrected chi connectivity index (χ3v) is 3.63. The first-order chi connectivity index (χ1) is 11.7. The van der Waals surface area contributed by atoms with Crippen LogP contribution in [-0.4, -0.2) is 13.1 Å². The Kier molecular flexibility index (Phi) is 8.17. The molecule has 0 aliphatic carbocycles. The fraction of sp³-hybridized carbons (Fsp3) is 0.368. The lowest BCUT2D eigenvalue weighted by molar-refractivity contribution is 0.677. The summed E-state index contributed by atoms with van der Waals surface area (Å²) >= 11 is 0. The average molecular weight is 317 g/mol. The van der Waals surface area contributed by atoms with E-state index in [0.29, 0.717) is 18.5 Å². The monoisotopic (exact) mass is 317 g/mol. The van der Waals surface area contributed by atoms with Gasteiger partial charge in [-0.1, -0.05) is 31.9 Å². The minimum absolute atomic E-state index is 0.0844. The maximum atomic E-state index is 9.19. The predicted molar refractivity (Wildman–Crippen MR) is 92.2 cm³/mol. The molecule has 0 unspecified atom stereocenters. The smallest absolute Gasteiger partial charge is 0.148 e. The molecule has 0 N–H and O–H groups in total. The number of nitriles is 4. The maximum Gasteiger partial charge on any atom is 0.148 e. The molecule has 5 nitrogen and oxygen atoms in total. The van der Waals surface area contributed by atoms with Crippen LogP contribution in [0, 0.1) is 45.3 Å². The third kappa shape index (κ3) is 5.17. The van der Waals surface area contributed by atoms with Crippen LogP contribution in [0.4, 0.5) is 5.69 Å². The number of hydrogen-bond donors (Lipinski definition) is 0. The van der Waals surface area contributed by atoms with Crippen LogP contribution in [0.15, 0.2) is 29.8 Å². The van der Waals surface area contributed by atoms with E-state index in [1.807, 2.05) is 18.2 Å². The molecule has 0 aromatic heterocycles. The van der Waals surface area contributed by atoms with Crippen LogP contribution in [0.2, 0.25) is 0 Å². The molecular weight excluding hydrogens is 298 g/mol. The second-order valence-electron chi connectivity index (χ2n) is 5.23. The third-order valence-electron chi connectivity index (χ3n) is 3.63. The summed E-state index contributed by atoms with van der Waals surface area (Å²) in [5.74, 6) is 0. The Labute approximate surface area is 143 Å². The summed E-state index contributed by atoms with van der Waals surface area (Å²) in [6.07, 6.45) is 3.77. The largest absolute Gasteiger partial charge is 0.371 e. The molecule has 1 aromatic rings. The van der Waals surface area contributed by atoms with Gasteiger partial charge in [0.15, 0.2) is 0 Å². The normalized spacial score (nSPS) is 9.04. The SMILES string of the molecule is CCCCCN(CCC#N)c1ccc(C(C#N)=C(C#N)C#N)cc1. The zero-order valence-electron chi connectivity index (χ0n) is 13.8. The van der Waals surface area contributed by atoms with E-state index in [-0.39, 0.29) is 11.1 Å². The molecule has 0 spiro atoms. The van der Waals surface area contributed by atoms with E-state index in [9.17, 15) is 5.26 Å². The zero-order valence-corrected chi connectivity index (χ0v) is 13.8. The van der Waals surface area contributed by atoms with Gasteiger partial charge in [-0.05, 0) is 24.1 Å². The summed E-state index contributed by atoms with van der Waals surface area (Å²) in [5, 5.41) is 35.9. The molecule has 0 amide bonds. The summed E-state index contributed by atoms with van der Waals surface area (Å²) in [7, 11) is 0. The molecule has 0 saturated carbocycles. The van der Waals surface area contributed by atoms with Crippen LogP contribution in [0.3, 0.4) is 0 Å². The van der Waals surface area contributed by atoms with Gasteiger partial charge >= 0.3 is 0 Å². The molecule has 5 heteroatoms. The van der Waals surface area contributed by atoms with Gasteiger partial charge in [0.05, 0.1) is 18.1 Å². The first kappa shape index (κ1) is 18.8. The molecule has 1 rings (SSSR count). The van der Waals surface area contributed by atoms with Gasteiger partial charge in [-0.15, -0.1) is 0 Å². The van der Waals surface area contributed by atoms with E-state index in [4.69, 9.17) is 15.8 Å². The van der Waals surface area contributed by atoms with Gasteiger partial charge in [0.2, 0.25) is 0 Å². The highest BCUT2D eigenvalue weighted by Gasteiger charge is 2.11. The molecule has 120 valence electrons. The van der Waals surface area contributed by atoms with Crippen molar-refractivity contribution in [1.29, 1.82) is 21.0 Å². The fourth-order valence-electron chi connectivity index (χ4n) is 2.35. The predicted octanol–water partition coefficient (Wildman–Crippen LogP) is 3.92. The minimum Gasteiger partial charge on any atom is -0.371 e. The number of benzene rings is 1. The highest BCUT2D eigenvalue weighted by molar-refractivity contribution is 5.84. The number of nitrogens with zero attached hydrogens (tertiary/aromatic N) is 5. The molecule has 0 aliphatic heterocycles. The van der Waals surface area contributed by atoms with E-state index in [2.05, 4.69) is 17.9 Å². The Bertz CT molecular complexity index is 716. The van der Waals surface area contributed by atoms with Gasteiger partial charge in [0.1, 0.15) is 23.8 Å². The van der Waals surface area contributed by atoms with Crippen molar-refractivity contribution in [3.05, 3.63) is 35.4 Å². The maximum absolute atomic E-state index is 9.19. The molecule has 0 bridgehead atoms. The van der Waals surface area contributed by atoms with E-state index < -0.39 is 0 Å². The van der Waals surface area contributed by atoms with Crippen LogP contribution in [0.5, 0.6) is 0 Å². The molecule has 0 saturated heterocycles. The molecule has 1 aromatic carbocycles. The number of hydrogen-bond acceptors (Lipinski definition) is 5. The topological polar surface area (TPSA) is 98.4 Å². The van der Waals surface area contributed by atoms with Crippen molar-refractivity contribution < 1.29 is 0 Å². The Morgan fingerprint density at radius 1 is 0.917 bits per heavy atom. The lowest BCUT2D eigenvalue weighted by Gasteiger charge is -2.24. The van der Waals surface area contributed by atoms with Gasteiger partial charge < -0.3 is 4.90 Å². The number of allylic oxidation sites excluding steroid dienone is 2. The number of unbranched alkanes of at least 4 members (excludes halogenated alkanes) is 2. The fourth-order valence-corrected chi connectivity index (χ4v) is 2.35. The van der Waals surface area contributed by atoms with Crippen molar-refractivity contribution >= 4 is 11.3 Å². The van der Waals surface area contributed by atoms with E-state index >= 15 is 0 Å². The van der Waals surface area contributed by atoms with Crippen LogP contribution in [-0.2, 0) is 0 Å². The Balaban J connectivity index is 3.04. The first-order valence-corrected chi connectivity index (χ1v) is 7.88.